The minimum atomic E-state index is -1.03. The first kappa shape index (κ1) is 19.0. The Bertz CT molecular complexity index is 1100. The van der Waals surface area contributed by atoms with E-state index in [0.29, 0.717) is 29.6 Å². The van der Waals surface area contributed by atoms with E-state index >= 15 is 0 Å². The van der Waals surface area contributed by atoms with E-state index in [1.807, 2.05) is 6.92 Å². The van der Waals surface area contributed by atoms with Crippen LogP contribution < -0.4 is 10.3 Å². The molecule has 0 aliphatic heterocycles. The number of carboxylic acids is 1. The van der Waals surface area contributed by atoms with E-state index in [1.54, 1.807) is 19.9 Å². The van der Waals surface area contributed by atoms with Gasteiger partial charge in [-0.1, -0.05) is 0 Å². The summed E-state index contributed by atoms with van der Waals surface area (Å²) in [6.45, 7) is 5.73. The summed E-state index contributed by atoms with van der Waals surface area (Å²) in [5, 5.41) is 19.8. The molecule has 2 heterocycles. The summed E-state index contributed by atoms with van der Waals surface area (Å²) >= 11 is 0. The molecule has 2 aromatic heterocycles. The number of carboxylic acid groups (broad SMARTS) is 1. The Morgan fingerprint density at radius 1 is 1.21 bits per heavy atom. The predicted octanol–water partition coefficient (Wildman–Crippen LogP) is 3.08. The van der Waals surface area contributed by atoms with Crippen LogP contribution in [0.3, 0.4) is 0 Å². The molecule has 3 rings (SSSR count). The fourth-order valence-corrected chi connectivity index (χ4v) is 2.42. The van der Waals surface area contributed by atoms with Gasteiger partial charge in [-0.05, 0) is 45.0 Å². The first-order valence-corrected chi connectivity index (χ1v) is 8.44. The molecule has 0 aliphatic carbocycles. The molecule has 0 saturated carbocycles. The molecule has 10 nitrogen and oxygen atoms in total. The van der Waals surface area contributed by atoms with E-state index in [-0.39, 0.29) is 17.2 Å². The van der Waals surface area contributed by atoms with Crippen molar-refractivity contribution in [2.45, 2.75) is 20.8 Å². The van der Waals surface area contributed by atoms with E-state index in [0.717, 1.165) is 0 Å². The van der Waals surface area contributed by atoms with Crippen LogP contribution in [0.25, 0.3) is 5.95 Å². The molecular formula is C18H18N6O4. The maximum Gasteiger partial charge on any atom is 0.335 e. The first-order chi connectivity index (χ1) is 13.4. The molecule has 0 saturated heterocycles. The van der Waals surface area contributed by atoms with Crippen molar-refractivity contribution in [3.05, 3.63) is 57.6 Å². The maximum absolute atomic E-state index is 12.7. The molecule has 3 aromatic rings. The third-order valence-electron chi connectivity index (χ3n) is 3.73. The smallest absolute Gasteiger partial charge is 0.335 e. The van der Waals surface area contributed by atoms with Gasteiger partial charge < -0.3 is 9.84 Å². The Hall–Kier alpha value is -3.82. The molecule has 10 heteroatoms. The first-order valence-electron chi connectivity index (χ1n) is 8.44. The number of nitrogens with one attached hydrogen (secondary N) is 1. The standard InChI is InChI=1S/C18H18N6O4/c1-4-28-14-9-10(2)19-18(20-14)24-16(25)15(11(3)23-24)22-21-13-7-5-12(6-8-13)17(26)27/h5-9,23H,4H2,1-3H3,(H,26,27). The van der Waals surface area contributed by atoms with E-state index in [9.17, 15) is 9.59 Å². The van der Waals surface area contributed by atoms with Crippen LogP contribution in [0.1, 0.15) is 28.7 Å². The monoisotopic (exact) mass is 382 g/mol. The molecule has 0 unspecified atom stereocenters. The fourth-order valence-electron chi connectivity index (χ4n) is 2.42. The number of rotatable bonds is 6. The second kappa shape index (κ2) is 7.82. The van der Waals surface area contributed by atoms with Crippen LogP contribution in [-0.4, -0.2) is 37.4 Å². The highest BCUT2D eigenvalue weighted by Crippen LogP contribution is 2.19. The van der Waals surface area contributed by atoms with Crippen molar-refractivity contribution < 1.29 is 14.6 Å². The van der Waals surface area contributed by atoms with Gasteiger partial charge in [0.25, 0.3) is 5.95 Å². The number of aromatic nitrogens is 4. The molecule has 2 N–H and O–H groups in total. The average molecular weight is 382 g/mol. The van der Waals surface area contributed by atoms with Crippen molar-refractivity contribution in [2.24, 2.45) is 10.2 Å². The van der Waals surface area contributed by atoms with E-state index in [2.05, 4.69) is 25.3 Å². The molecule has 1 aromatic carbocycles. The lowest BCUT2D eigenvalue weighted by molar-refractivity contribution is 0.0697. The minimum absolute atomic E-state index is 0.102. The molecule has 28 heavy (non-hydrogen) atoms. The number of hydrogen-bond donors (Lipinski definition) is 2. The number of H-pyrrole nitrogens is 1. The van der Waals surface area contributed by atoms with Crippen molar-refractivity contribution in [1.82, 2.24) is 19.7 Å². The number of benzene rings is 1. The largest absolute Gasteiger partial charge is 0.478 e. The van der Waals surface area contributed by atoms with Gasteiger partial charge in [-0.25, -0.2) is 9.78 Å². The van der Waals surface area contributed by atoms with Gasteiger partial charge in [-0.3, -0.25) is 9.89 Å². The summed E-state index contributed by atoms with van der Waals surface area (Å²) in [6.07, 6.45) is 0. The van der Waals surface area contributed by atoms with E-state index in [4.69, 9.17) is 9.84 Å². The summed E-state index contributed by atoms with van der Waals surface area (Å²) in [5.74, 6) is -0.521. The van der Waals surface area contributed by atoms with Crippen molar-refractivity contribution in [3.8, 4) is 11.8 Å². The number of hydrogen-bond acceptors (Lipinski definition) is 7. The van der Waals surface area contributed by atoms with E-state index in [1.165, 1.54) is 28.9 Å². The lowest BCUT2D eigenvalue weighted by Crippen LogP contribution is -2.18. The topological polar surface area (TPSA) is 135 Å². The fraction of sp³-hybridized carbons (Fsp3) is 0.222. The van der Waals surface area contributed by atoms with Gasteiger partial charge in [0.2, 0.25) is 5.88 Å². The third kappa shape index (κ3) is 3.95. The lowest BCUT2D eigenvalue weighted by Gasteiger charge is -2.05. The van der Waals surface area contributed by atoms with Crippen LogP contribution in [0, 0.1) is 13.8 Å². The molecule has 0 atom stereocenters. The molecule has 0 fully saturated rings. The van der Waals surface area contributed by atoms with Crippen molar-refractivity contribution in [3.63, 3.8) is 0 Å². The molecule has 0 amide bonds. The summed E-state index contributed by atoms with van der Waals surface area (Å²) < 4.78 is 6.57. The number of aryl methyl sites for hydroxylation is 2. The van der Waals surface area contributed by atoms with Gasteiger partial charge in [0, 0.05) is 11.8 Å². The van der Waals surface area contributed by atoms with Crippen molar-refractivity contribution >= 4 is 17.3 Å². The van der Waals surface area contributed by atoms with Gasteiger partial charge in [0.1, 0.15) is 0 Å². The average Bonchev–Trinajstić information content (AvgIpc) is 2.94. The molecule has 144 valence electrons. The quantitative estimate of drug-likeness (QED) is 0.629. The highest BCUT2D eigenvalue weighted by Gasteiger charge is 2.15. The zero-order chi connectivity index (χ0) is 20.3. The summed E-state index contributed by atoms with van der Waals surface area (Å²) in [7, 11) is 0. The number of azo groups is 1. The van der Waals surface area contributed by atoms with Gasteiger partial charge in [0.15, 0.2) is 5.69 Å². The number of ether oxygens (including phenoxy) is 1. The summed E-state index contributed by atoms with van der Waals surface area (Å²) in [6, 6.07) is 7.51. The Kier molecular flexibility index (Phi) is 5.30. The minimum Gasteiger partial charge on any atom is -0.478 e. The third-order valence-corrected chi connectivity index (χ3v) is 3.73. The second-order valence-electron chi connectivity index (χ2n) is 5.86. The Labute approximate surface area is 159 Å². The molecule has 0 bridgehead atoms. The molecular weight excluding hydrogens is 364 g/mol. The highest BCUT2D eigenvalue weighted by molar-refractivity contribution is 5.87. The molecule has 0 spiro atoms. The highest BCUT2D eigenvalue weighted by atomic mass is 16.5. The van der Waals surface area contributed by atoms with Gasteiger partial charge in [-0.2, -0.15) is 14.8 Å². The Morgan fingerprint density at radius 3 is 2.57 bits per heavy atom. The van der Waals surface area contributed by atoms with Crippen LogP contribution in [-0.2, 0) is 0 Å². The van der Waals surface area contributed by atoms with Crippen LogP contribution in [0.15, 0.2) is 45.4 Å². The Morgan fingerprint density at radius 2 is 1.93 bits per heavy atom. The zero-order valence-electron chi connectivity index (χ0n) is 15.5. The number of carbonyl (C=O) groups is 1. The van der Waals surface area contributed by atoms with E-state index < -0.39 is 11.5 Å². The lowest BCUT2D eigenvalue weighted by atomic mass is 10.2. The SMILES string of the molecule is CCOc1cc(C)nc(-n2[nH]c(C)c(N=Nc3ccc(C(=O)O)cc3)c2=O)n1. The predicted molar refractivity (Wildman–Crippen MR) is 100 cm³/mol. The van der Waals surface area contributed by atoms with Crippen molar-refractivity contribution in [2.75, 3.05) is 6.61 Å². The van der Waals surface area contributed by atoms with Gasteiger partial charge >= 0.3 is 11.5 Å². The maximum atomic E-state index is 12.7. The van der Waals surface area contributed by atoms with Crippen molar-refractivity contribution in [1.29, 1.82) is 0 Å². The number of nitrogens with zero attached hydrogens (tertiary/aromatic N) is 5. The summed E-state index contributed by atoms with van der Waals surface area (Å²) in [5.41, 5.74) is 1.33. The second-order valence-corrected chi connectivity index (χ2v) is 5.86. The number of aromatic carboxylic acids is 1. The van der Waals surface area contributed by atoms with Gasteiger partial charge in [0.05, 0.1) is 23.6 Å². The van der Waals surface area contributed by atoms with Crippen LogP contribution >= 0.6 is 0 Å². The van der Waals surface area contributed by atoms with Gasteiger partial charge in [-0.15, -0.1) is 5.11 Å². The number of aromatic amines is 1. The Balaban J connectivity index is 1.94. The molecule has 0 radical (unpaired) electrons. The summed E-state index contributed by atoms with van der Waals surface area (Å²) in [4.78, 5) is 32.1. The normalized spacial score (nSPS) is 11.1. The zero-order valence-corrected chi connectivity index (χ0v) is 15.5. The van der Waals surface area contributed by atoms with Crippen LogP contribution in [0.4, 0.5) is 11.4 Å². The van der Waals surface area contributed by atoms with Crippen LogP contribution in [0.5, 0.6) is 5.88 Å². The van der Waals surface area contributed by atoms with Crippen LogP contribution in [0.2, 0.25) is 0 Å². The molecule has 0 aliphatic rings.